The van der Waals surface area contributed by atoms with Crippen LogP contribution in [-0.4, -0.2) is 0 Å². The van der Waals surface area contributed by atoms with Gasteiger partial charge in [0.25, 0.3) is 0 Å². The number of rotatable bonds is 2. The van der Waals surface area contributed by atoms with Gasteiger partial charge in [0.2, 0.25) is 0 Å². The van der Waals surface area contributed by atoms with Gasteiger partial charge in [-0.05, 0) is 178 Å². The highest BCUT2D eigenvalue weighted by molar-refractivity contribution is 6.25. The molecule has 0 amide bonds. The highest BCUT2D eigenvalue weighted by Gasteiger charge is 2.61. The highest BCUT2D eigenvalue weighted by Crippen LogP contribution is 2.70. The molecule has 0 aliphatic heterocycles. The molecule has 0 nitrogen and oxygen atoms in total. The third-order valence-electron chi connectivity index (χ3n) is 14.8. The first-order valence-electron chi connectivity index (χ1n) is 20.3. The van der Waals surface area contributed by atoms with Gasteiger partial charge in [0.1, 0.15) is 0 Å². The van der Waals surface area contributed by atoms with E-state index in [1.54, 1.807) is 11.1 Å². The Morgan fingerprint density at radius 1 is 0.333 bits per heavy atom. The molecule has 9 aromatic rings. The molecule has 0 radical (unpaired) electrons. The molecule has 256 valence electrons. The summed E-state index contributed by atoms with van der Waals surface area (Å²) in [4.78, 5) is 0. The molecule has 4 fully saturated rings. The molecular weight excluding hydrogens is 649 g/mol. The van der Waals surface area contributed by atoms with Crippen LogP contribution in [0, 0.1) is 23.7 Å². The maximum atomic E-state index is 2.70. The van der Waals surface area contributed by atoms with Gasteiger partial charge in [0.15, 0.2) is 0 Å². The van der Waals surface area contributed by atoms with Crippen LogP contribution in [0.15, 0.2) is 158 Å². The average Bonchev–Trinajstić information content (AvgIpc) is 3.49. The summed E-state index contributed by atoms with van der Waals surface area (Å²) in [5.74, 6) is 3.28. The second-order valence-corrected chi connectivity index (χ2v) is 17.2. The van der Waals surface area contributed by atoms with Crippen LogP contribution in [0.1, 0.15) is 43.2 Å². The largest absolute Gasteiger partial charge is 0.0616 e. The molecule has 0 saturated heterocycles. The van der Waals surface area contributed by atoms with Gasteiger partial charge in [0.05, 0.1) is 0 Å². The summed E-state index contributed by atoms with van der Waals surface area (Å²) in [6.07, 6.45) is 7.04. The Morgan fingerprint density at radius 2 is 0.815 bits per heavy atom. The first kappa shape index (κ1) is 29.7. The topological polar surface area (TPSA) is 0 Å². The third-order valence-corrected chi connectivity index (χ3v) is 14.8. The zero-order chi connectivity index (χ0) is 35.1. The molecule has 0 atom stereocenters. The molecule has 0 N–H and O–H groups in total. The summed E-state index contributed by atoms with van der Waals surface area (Å²) < 4.78 is 0. The highest BCUT2D eigenvalue weighted by atomic mass is 14.6. The third kappa shape index (κ3) is 3.79. The molecule has 9 aromatic carbocycles. The van der Waals surface area contributed by atoms with Crippen molar-refractivity contribution in [1.29, 1.82) is 0 Å². The standard InChI is InChI=1S/C54H40/c1-2-12-35-30-51-48(28-34(35)11-1)43-22-21-37(31-50(43)54(51)38-24-32-23-33(26-38)27-39(54)25-32)52-44-17-7-9-19-46(44)53(47-20-10-8-18-45(47)52)49-29-36-13-3-4-14-40(36)41-15-5-6-16-42(41)49/h1-22,28-33,38-39H,23-27H2. The van der Waals surface area contributed by atoms with Crippen molar-refractivity contribution in [2.45, 2.75) is 37.5 Å². The fraction of sp³-hybridized carbons (Fsp3) is 0.185. The Labute approximate surface area is 316 Å². The molecule has 14 rings (SSSR count). The smallest absolute Gasteiger partial charge is 0.0272 e. The lowest BCUT2D eigenvalue weighted by Gasteiger charge is -2.61. The van der Waals surface area contributed by atoms with Crippen molar-refractivity contribution < 1.29 is 0 Å². The second-order valence-electron chi connectivity index (χ2n) is 17.2. The van der Waals surface area contributed by atoms with E-state index in [2.05, 4.69) is 158 Å². The molecular formula is C54H40. The van der Waals surface area contributed by atoms with Crippen molar-refractivity contribution in [3.63, 3.8) is 0 Å². The van der Waals surface area contributed by atoms with Crippen molar-refractivity contribution in [3.8, 4) is 33.4 Å². The van der Waals surface area contributed by atoms with Gasteiger partial charge >= 0.3 is 0 Å². The minimum Gasteiger partial charge on any atom is -0.0616 e. The average molecular weight is 689 g/mol. The molecule has 5 aliphatic rings. The maximum Gasteiger partial charge on any atom is 0.0272 e. The quantitative estimate of drug-likeness (QED) is 0.125. The van der Waals surface area contributed by atoms with E-state index < -0.39 is 0 Å². The van der Waals surface area contributed by atoms with Gasteiger partial charge in [-0.2, -0.15) is 0 Å². The lowest BCUT2D eigenvalue weighted by atomic mass is 9.43. The van der Waals surface area contributed by atoms with Crippen molar-refractivity contribution in [3.05, 3.63) is 169 Å². The predicted octanol–water partition coefficient (Wildman–Crippen LogP) is 14.5. The van der Waals surface area contributed by atoms with Crippen LogP contribution >= 0.6 is 0 Å². The Kier molecular flexibility index (Phi) is 5.89. The first-order chi connectivity index (χ1) is 26.7. The van der Waals surface area contributed by atoms with Gasteiger partial charge in [0, 0.05) is 5.41 Å². The zero-order valence-corrected chi connectivity index (χ0v) is 30.4. The molecule has 0 aromatic heterocycles. The van der Waals surface area contributed by atoms with Gasteiger partial charge in [-0.1, -0.05) is 133 Å². The van der Waals surface area contributed by atoms with Crippen LogP contribution < -0.4 is 0 Å². The minimum absolute atomic E-state index is 0.105. The summed E-state index contributed by atoms with van der Waals surface area (Å²) >= 11 is 0. The molecule has 1 spiro atoms. The summed E-state index contributed by atoms with van der Waals surface area (Å²) in [5, 5.41) is 13.3. The summed E-state index contributed by atoms with van der Waals surface area (Å²) in [6, 6.07) is 60.7. The molecule has 54 heavy (non-hydrogen) atoms. The summed E-state index contributed by atoms with van der Waals surface area (Å²) in [6.45, 7) is 0. The lowest BCUT2D eigenvalue weighted by molar-refractivity contribution is -0.0398. The normalized spacial score (nSPS) is 23.6. The van der Waals surface area contributed by atoms with E-state index in [1.807, 2.05) is 0 Å². The van der Waals surface area contributed by atoms with Crippen LogP contribution in [-0.2, 0) is 5.41 Å². The van der Waals surface area contributed by atoms with Crippen LogP contribution in [0.25, 0.3) is 87.2 Å². The van der Waals surface area contributed by atoms with Crippen molar-refractivity contribution in [1.82, 2.24) is 0 Å². The Morgan fingerprint density at radius 3 is 1.46 bits per heavy atom. The second kappa shape index (κ2) is 10.7. The van der Waals surface area contributed by atoms with E-state index in [9.17, 15) is 0 Å². The number of benzene rings is 9. The summed E-state index contributed by atoms with van der Waals surface area (Å²) in [7, 11) is 0. The maximum absolute atomic E-state index is 2.70. The Hall–Kier alpha value is -5.72. The molecule has 4 saturated carbocycles. The number of hydrogen-bond acceptors (Lipinski definition) is 0. The molecule has 0 unspecified atom stereocenters. The summed E-state index contributed by atoms with van der Waals surface area (Å²) in [5.41, 5.74) is 11.7. The van der Waals surface area contributed by atoms with Gasteiger partial charge in [-0.15, -0.1) is 0 Å². The van der Waals surface area contributed by atoms with E-state index in [1.165, 1.54) is 119 Å². The fourth-order valence-corrected chi connectivity index (χ4v) is 13.0. The molecule has 0 heterocycles. The van der Waals surface area contributed by atoms with Gasteiger partial charge in [-0.3, -0.25) is 0 Å². The van der Waals surface area contributed by atoms with E-state index in [4.69, 9.17) is 0 Å². The Bertz CT molecular complexity index is 2980. The van der Waals surface area contributed by atoms with Crippen LogP contribution in [0.3, 0.4) is 0 Å². The van der Waals surface area contributed by atoms with Crippen molar-refractivity contribution >= 4 is 53.9 Å². The van der Waals surface area contributed by atoms with Crippen LogP contribution in [0.2, 0.25) is 0 Å². The Balaban J connectivity index is 1.11. The SMILES string of the molecule is c1ccc2cc3c(cc2c1)-c1ccc(-c2c4ccccc4c(-c4cc5ccccc5c5ccccc45)c4ccccc24)cc1C31C2CC3CC(C2)CC1C3. The number of hydrogen-bond donors (Lipinski definition) is 0. The fourth-order valence-electron chi connectivity index (χ4n) is 13.0. The lowest BCUT2D eigenvalue weighted by Crippen LogP contribution is -2.55. The van der Waals surface area contributed by atoms with E-state index >= 15 is 0 Å². The van der Waals surface area contributed by atoms with Gasteiger partial charge < -0.3 is 0 Å². The van der Waals surface area contributed by atoms with Crippen LogP contribution in [0.5, 0.6) is 0 Å². The number of fused-ring (bicyclic) bond motifs is 9. The van der Waals surface area contributed by atoms with E-state index in [0.29, 0.717) is 0 Å². The van der Waals surface area contributed by atoms with E-state index in [-0.39, 0.29) is 5.41 Å². The first-order valence-corrected chi connectivity index (χ1v) is 20.3. The van der Waals surface area contributed by atoms with Crippen molar-refractivity contribution in [2.24, 2.45) is 23.7 Å². The molecule has 0 heteroatoms. The molecule has 4 bridgehead atoms. The van der Waals surface area contributed by atoms with Gasteiger partial charge in [-0.25, -0.2) is 0 Å². The minimum atomic E-state index is 0.105. The monoisotopic (exact) mass is 688 g/mol. The predicted molar refractivity (Wildman–Crippen MR) is 228 cm³/mol. The van der Waals surface area contributed by atoms with Crippen LogP contribution in [0.4, 0.5) is 0 Å². The zero-order valence-electron chi connectivity index (χ0n) is 30.4. The van der Waals surface area contributed by atoms with Crippen molar-refractivity contribution in [2.75, 3.05) is 0 Å². The van der Waals surface area contributed by atoms with E-state index in [0.717, 1.165) is 23.7 Å². The molecule has 5 aliphatic carbocycles.